The molecule has 1 heterocycles. The normalized spacial score (nSPS) is 20.2. The molecule has 7 nitrogen and oxygen atoms in total. The summed E-state index contributed by atoms with van der Waals surface area (Å²) >= 11 is 5.89. The Morgan fingerprint density at radius 2 is 1.91 bits per heavy atom. The summed E-state index contributed by atoms with van der Waals surface area (Å²) in [7, 11) is 1.55. The Labute approximate surface area is 204 Å². The summed E-state index contributed by atoms with van der Waals surface area (Å²) in [6, 6.07) is 13.9. The molecule has 2 aromatic carbocycles. The van der Waals surface area contributed by atoms with E-state index in [2.05, 4.69) is 10.6 Å². The molecule has 8 heteroatoms. The van der Waals surface area contributed by atoms with E-state index in [0.29, 0.717) is 36.6 Å². The van der Waals surface area contributed by atoms with E-state index >= 15 is 0 Å². The monoisotopic (exact) mass is 484 g/mol. The highest BCUT2D eigenvalue weighted by molar-refractivity contribution is 6.30. The number of ether oxygens (including phenoxy) is 2. The topological polar surface area (TPSA) is 93.7 Å². The molecule has 1 aliphatic rings. The highest BCUT2D eigenvalue weighted by Gasteiger charge is 2.26. The van der Waals surface area contributed by atoms with Crippen molar-refractivity contribution >= 4 is 29.4 Å². The van der Waals surface area contributed by atoms with Crippen molar-refractivity contribution in [1.29, 1.82) is 0 Å². The quantitative estimate of drug-likeness (QED) is 0.475. The van der Waals surface area contributed by atoms with Crippen LogP contribution in [0.1, 0.15) is 42.9 Å². The smallest absolute Gasteiger partial charge is 0.309 e. The molecule has 3 rings (SSSR count). The fourth-order valence-corrected chi connectivity index (χ4v) is 3.79. The predicted octanol–water partition coefficient (Wildman–Crippen LogP) is 4.11. The minimum Gasteiger partial charge on any atom is -0.496 e. The number of amides is 2. The Balaban J connectivity index is 1.67. The van der Waals surface area contributed by atoms with Gasteiger partial charge in [0, 0.05) is 30.0 Å². The number of benzene rings is 2. The Morgan fingerprint density at radius 3 is 2.68 bits per heavy atom. The third-order valence-corrected chi connectivity index (χ3v) is 5.79. The molecule has 0 saturated carbocycles. The molecule has 0 radical (unpaired) electrons. The first-order chi connectivity index (χ1) is 16.5. The average Bonchev–Trinajstić information content (AvgIpc) is 2.84. The molecule has 0 unspecified atom stereocenters. The van der Waals surface area contributed by atoms with Gasteiger partial charge in [-0.1, -0.05) is 54.1 Å². The molecule has 2 N–H and O–H groups in total. The second kappa shape index (κ2) is 12.8. The molecule has 0 aliphatic carbocycles. The fourth-order valence-electron chi connectivity index (χ4n) is 3.67. The number of hydrogen-bond acceptors (Lipinski definition) is 5. The maximum absolute atomic E-state index is 12.9. The van der Waals surface area contributed by atoms with Crippen molar-refractivity contribution in [2.75, 3.05) is 13.7 Å². The molecule has 0 aromatic heterocycles. The van der Waals surface area contributed by atoms with Crippen molar-refractivity contribution in [3.8, 4) is 5.75 Å². The van der Waals surface area contributed by atoms with E-state index in [9.17, 15) is 14.4 Å². The van der Waals surface area contributed by atoms with E-state index in [0.717, 1.165) is 11.1 Å². The second-order valence-corrected chi connectivity index (χ2v) is 8.48. The lowest BCUT2D eigenvalue weighted by Crippen LogP contribution is -2.34. The molecule has 2 amide bonds. The molecule has 0 bridgehead atoms. The van der Waals surface area contributed by atoms with E-state index in [4.69, 9.17) is 21.1 Å². The summed E-state index contributed by atoms with van der Waals surface area (Å²) in [4.78, 5) is 37.8. The number of para-hydroxylation sites is 1. The Hall–Kier alpha value is -3.32. The Bertz CT molecular complexity index is 1020. The molecule has 180 valence electrons. The molecule has 34 heavy (non-hydrogen) atoms. The number of cyclic esters (lactones) is 1. The largest absolute Gasteiger partial charge is 0.496 e. The molecule has 1 aliphatic heterocycles. The number of carbonyl (C=O) groups excluding carboxylic acids is 3. The van der Waals surface area contributed by atoms with Gasteiger partial charge in [-0.05, 0) is 36.6 Å². The summed E-state index contributed by atoms with van der Waals surface area (Å²) in [5.41, 5.74) is 1.63. The third kappa shape index (κ3) is 7.63. The summed E-state index contributed by atoms with van der Waals surface area (Å²) < 4.78 is 11.0. The number of methoxy groups -OCH3 is 1. The van der Waals surface area contributed by atoms with E-state index < -0.39 is 17.9 Å². The van der Waals surface area contributed by atoms with Crippen molar-refractivity contribution < 1.29 is 23.9 Å². The van der Waals surface area contributed by atoms with Crippen LogP contribution < -0.4 is 15.4 Å². The van der Waals surface area contributed by atoms with E-state index in [1.165, 1.54) is 0 Å². The standard InChI is InChI=1S/C26H29ClN2O5/c1-33-23-9-6-5-8-21(23)22-17-34-26(32)19(7-3-2-4-10-24(30)29-22)15-25(31)28-16-18-11-13-20(27)14-12-18/h2-3,5-6,8-9,11-14,19,22H,4,7,10,15-17H2,1H3,(H,28,31)(H,29,30)/b3-2-/t19-,22-/m0/s1. The van der Waals surface area contributed by atoms with Crippen LogP contribution in [0, 0.1) is 5.92 Å². The average molecular weight is 485 g/mol. The van der Waals surface area contributed by atoms with Gasteiger partial charge in [-0.2, -0.15) is 0 Å². The van der Waals surface area contributed by atoms with Crippen LogP contribution in [0.25, 0.3) is 0 Å². The number of rotatable bonds is 6. The van der Waals surface area contributed by atoms with Crippen LogP contribution in [0.5, 0.6) is 5.75 Å². The Morgan fingerprint density at radius 1 is 1.15 bits per heavy atom. The number of halogens is 1. The highest BCUT2D eigenvalue weighted by Crippen LogP contribution is 2.26. The zero-order chi connectivity index (χ0) is 24.3. The minimum atomic E-state index is -0.630. The first-order valence-electron chi connectivity index (χ1n) is 11.2. The summed E-state index contributed by atoms with van der Waals surface area (Å²) in [5, 5.41) is 6.39. The van der Waals surface area contributed by atoms with Crippen molar-refractivity contribution in [3.05, 3.63) is 76.8 Å². The SMILES string of the molecule is COc1ccccc1[C@@H]1COC(=O)[C@H](CC(=O)NCc2ccc(Cl)cc2)C/C=C\CCC(=O)N1. The predicted molar refractivity (Wildman–Crippen MR) is 129 cm³/mol. The van der Waals surface area contributed by atoms with Gasteiger partial charge in [-0.25, -0.2) is 0 Å². The van der Waals surface area contributed by atoms with Crippen LogP contribution in [0.3, 0.4) is 0 Å². The molecule has 2 aromatic rings. The van der Waals surface area contributed by atoms with E-state index in [-0.39, 0.29) is 24.8 Å². The lowest BCUT2D eigenvalue weighted by atomic mass is 9.99. The fraction of sp³-hybridized carbons (Fsp3) is 0.346. The zero-order valence-electron chi connectivity index (χ0n) is 19.1. The first-order valence-corrected chi connectivity index (χ1v) is 11.6. The Kier molecular flexibility index (Phi) is 9.52. The van der Waals surface area contributed by atoms with Gasteiger partial charge < -0.3 is 20.1 Å². The van der Waals surface area contributed by atoms with Crippen molar-refractivity contribution in [2.24, 2.45) is 5.92 Å². The molecule has 2 atom stereocenters. The maximum atomic E-state index is 12.9. The van der Waals surface area contributed by atoms with Crippen LogP contribution in [-0.2, 0) is 25.7 Å². The van der Waals surface area contributed by atoms with Crippen LogP contribution in [0.2, 0.25) is 5.02 Å². The van der Waals surface area contributed by atoms with E-state index in [1.54, 1.807) is 25.3 Å². The van der Waals surface area contributed by atoms with Gasteiger partial charge in [0.15, 0.2) is 0 Å². The van der Waals surface area contributed by atoms with Crippen LogP contribution in [-0.4, -0.2) is 31.5 Å². The van der Waals surface area contributed by atoms with Gasteiger partial charge in [-0.3, -0.25) is 14.4 Å². The highest BCUT2D eigenvalue weighted by atomic mass is 35.5. The molecule has 0 fully saturated rings. The third-order valence-electron chi connectivity index (χ3n) is 5.54. The number of hydrogen-bond donors (Lipinski definition) is 2. The van der Waals surface area contributed by atoms with Gasteiger partial charge >= 0.3 is 5.97 Å². The molecule has 0 saturated heterocycles. The van der Waals surface area contributed by atoms with Gasteiger partial charge in [0.05, 0.1) is 19.1 Å². The van der Waals surface area contributed by atoms with Gasteiger partial charge in [0.2, 0.25) is 11.8 Å². The van der Waals surface area contributed by atoms with Crippen LogP contribution in [0.15, 0.2) is 60.7 Å². The van der Waals surface area contributed by atoms with Gasteiger partial charge in [0.1, 0.15) is 12.4 Å². The summed E-state index contributed by atoms with van der Waals surface area (Å²) in [6.07, 6.45) is 4.88. The lowest BCUT2D eigenvalue weighted by Gasteiger charge is -2.23. The maximum Gasteiger partial charge on any atom is 0.309 e. The van der Waals surface area contributed by atoms with Crippen molar-refractivity contribution in [1.82, 2.24) is 10.6 Å². The van der Waals surface area contributed by atoms with Crippen LogP contribution in [0.4, 0.5) is 0 Å². The first kappa shape index (κ1) is 25.3. The number of nitrogens with one attached hydrogen (secondary N) is 2. The molecular weight excluding hydrogens is 456 g/mol. The zero-order valence-corrected chi connectivity index (χ0v) is 19.8. The molecular formula is C26H29ClN2O5. The van der Waals surface area contributed by atoms with E-state index in [1.807, 2.05) is 42.5 Å². The second-order valence-electron chi connectivity index (χ2n) is 8.04. The number of allylic oxidation sites excluding steroid dienone is 2. The summed E-state index contributed by atoms with van der Waals surface area (Å²) in [5.74, 6) is -0.910. The van der Waals surface area contributed by atoms with Crippen molar-refractivity contribution in [3.63, 3.8) is 0 Å². The minimum absolute atomic E-state index is 0.00243. The van der Waals surface area contributed by atoms with Crippen molar-refractivity contribution in [2.45, 2.75) is 38.3 Å². The van der Waals surface area contributed by atoms with Gasteiger partial charge in [0.25, 0.3) is 0 Å². The summed E-state index contributed by atoms with van der Waals surface area (Å²) in [6.45, 7) is 0.285. The van der Waals surface area contributed by atoms with Gasteiger partial charge in [-0.15, -0.1) is 0 Å². The lowest BCUT2D eigenvalue weighted by molar-refractivity contribution is -0.151. The number of esters is 1. The van der Waals surface area contributed by atoms with Crippen LogP contribution >= 0.6 is 11.6 Å². The molecule has 0 spiro atoms. The number of carbonyl (C=O) groups is 3.